The number of aliphatic imine (C=N–C) groups is 1. The molecule has 7 nitrogen and oxygen atoms in total. The van der Waals surface area contributed by atoms with Crippen LogP contribution < -0.4 is 20.5 Å². The Bertz CT molecular complexity index is 1070. The van der Waals surface area contributed by atoms with E-state index in [1.807, 2.05) is 38.3 Å². The van der Waals surface area contributed by atoms with Gasteiger partial charge in [-0.25, -0.2) is 13.6 Å². The van der Waals surface area contributed by atoms with Gasteiger partial charge < -0.3 is 15.4 Å². The van der Waals surface area contributed by atoms with E-state index in [9.17, 15) is 8.42 Å². The molecular formula is C20H24N4O3S2. The zero-order valence-corrected chi connectivity index (χ0v) is 18.1. The number of nitrogens with two attached hydrogens (primary N) is 1. The summed E-state index contributed by atoms with van der Waals surface area (Å²) in [7, 11) is -3.86. The number of sulfonamides is 1. The third-order valence-corrected chi connectivity index (χ3v) is 5.40. The van der Waals surface area contributed by atoms with Crippen molar-refractivity contribution in [3.05, 3.63) is 42.0 Å². The maximum absolute atomic E-state index is 11.7. The van der Waals surface area contributed by atoms with Crippen LogP contribution in [0, 0.1) is 5.92 Å². The number of primary sulfonamides is 1. The zero-order valence-electron chi connectivity index (χ0n) is 16.5. The van der Waals surface area contributed by atoms with Gasteiger partial charge in [-0.15, -0.1) is 0 Å². The van der Waals surface area contributed by atoms with E-state index in [0.717, 1.165) is 23.4 Å². The van der Waals surface area contributed by atoms with E-state index >= 15 is 0 Å². The molecule has 29 heavy (non-hydrogen) atoms. The summed E-state index contributed by atoms with van der Waals surface area (Å²) in [6, 6.07) is 10.2. The molecule has 1 atom stereocenters. The molecule has 9 heteroatoms. The van der Waals surface area contributed by atoms with Crippen molar-refractivity contribution in [2.75, 3.05) is 10.6 Å². The van der Waals surface area contributed by atoms with Gasteiger partial charge in [0.25, 0.3) is 0 Å². The fourth-order valence-electron chi connectivity index (χ4n) is 3.03. The lowest BCUT2D eigenvalue weighted by Crippen LogP contribution is -2.22. The Morgan fingerprint density at radius 2 is 1.97 bits per heavy atom. The van der Waals surface area contributed by atoms with Crippen molar-refractivity contribution in [2.24, 2.45) is 16.0 Å². The lowest BCUT2D eigenvalue weighted by Gasteiger charge is -2.21. The van der Waals surface area contributed by atoms with Gasteiger partial charge in [0.05, 0.1) is 22.4 Å². The van der Waals surface area contributed by atoms with Crippen LogP contribution in [0.5, 0.6) is 5.75 Å². The smallest absolute Gasteiger partial charge is 0.238 e. The molecule has 0 bridgehead atoms. The first-order chi connectivity index (χ1) is 13.6. The van der Waals surface area contributed by atoms with Crippen molar-refractivity contribution in [3.8, 4) is 5.75 Å². The van der Waals surface area contributed by atoms with Gasteiger partial charge in [0.15, 0.2) is 5.11 Å². The highest BCUT2D eigenvalue weighted by Gasteiger charge is 2.17. The van der Waals surface area contributed by atoms with Crippen molar-refractivity contribution in [2.45, 2.75) is 38.2 Å². The number of anilines is 2. The van der Waals surface area contributed by atoms with E-state index in [1.54, 1.807) is 6.07 Å². The second-order valence-corrected chi connectivity index (χ2v) is 9.18. The average molecular weight is 433 g/mol. The van der Waals surface area contributed by atoms with Gasteiger partial charge in [-0.1, -0.05) is 13.0 Å². The first-order valence-electron chi connectivity index (χ1n) is 9.21. The molecule has 0 saturated carbocycles. The average Bonchev–Trinajstić information content (AvgIpc) is 2.62. The molecule has 0 saturated heterocycles. The molecule has 1 aliphatic rings. The molecule has 0 radical (unpaired) electrons. The molecule has 1 heterocycles. The Morgan fingerprint density at radius 1 is 1.24 bits per heavy atom. The minimum atomic E-state index is -3.86. The highest BCUT2D eigenvalue weighted by molar-refractivity contribution is 7.89. The third kappa shape index (κ3) is 5.31. The van der Waals surface area contributed by atoms with E-state index in [2.05, 4.69) is 22.5 Å². The molecule has 0 fully saturated rings. The number of fused-ring (bicyclic) bond motifs is 1. The van der Waals surface area contributed by atoms with Gasteiger partial charge in [-0.05, 0) is 68.7 Å². The molecule has 154 valence electrons. The van der Waals surface area contributed by atoms with Crippen LogP contribution in [-0.2, 0) is 16.4 Å². The van der Waals surface area contributed by atoms with Crippen LogP contribution in [0.2, 0.25) is 0 Å². The van der Waals surface area contributed by atoms with Gasteiger partial charge in [-0.2, -0.15) is 0 Å². The Labute approximate surface area is 176 Å². The summed E-state index contributed by atoms with van der Waals surface area (Å²) in [6.45, 7) is 5.87. The highest BCUT2D eigenvalue weighted by Crippen LogP contribution is 2.33. The van der Waals surface area contributed by atoms with Gasteiger partial charge >= 0.3 is 0 Å². The first-order valence-corrected chi connectivity index (χ1v) is 11.2. The van der Waals surface area contributed by atoms with E-state index in [4.69, 9.17) is 22.1 Å². The monoisotopic (exact) mass is 432 g/mol. The summed E-state index contributed by atoms with van der Waals surface area (Å²) in [6.07, 6.45) is 2.70. The molecule has 0 aliphatic carbocycles. The summed E-state index contributed by atoms with van der Waals surface area (Å²) >= 11 is 5.47. The minimum Gasteiger partial charge on any atom is -0.489 e. The van der Waals surface area contributed by atoms with Crippen molar-refractivity contribution in [1.82, 2.24) is 0 Å². The SMILES string of the molecule is CC1C=Nc2cccc(NC(=S)Nc3cc(S(N)(=O)=O)ccc3OC(C)C)c2C1. The maximum Gasteiger partial charge on any atom is 0.238 e. The predicted octanol–water partition coefficient (Wildman–Crippen LogP) is 3.82. The normalized spacial score (nSPS) is 15.7. The van der Waals surface area contributed by atoms with Crippen LogP contribution in [-0.4, -0.2) is 25.8 Å². The molecule has 0 amide bonds. The Kier molecular flexibility index (Phi) is 6.21. The number of thiocarbonyl (C=S) groups is 1. The van der Waals surface area contributed by atoms with Crippen LogP contribution in [0.3, 0.4) is 0 Å². The quantitative estimate of drug-likeness (QED) is 0.620. The number of ether oxygens (including phenoxy) is 1. The molecule has 1 unspecified atom stereocenters. The fraction of sp³-hybridized carbons (Fsp3) is 0.300. The number of benzene rings is 2. The van der Waals surface area contributed by atoms with Crippen molar-refractivity contribution in [3.63, 3.8) is 0 Å². The van der Waals surface area contributed by atoms with Crippen LogP contribution in [0.15, 0.2) is 46.3 Å². The first kappa shape index (κ1) is 21.2. The van der Waals surface area contributed by atoms with E-state index < -0.39 is 10.0 Å². The molecule has 0 aromatic heterocycles. The van der Waals surface area contributed by atoms with E-state index in [0.29, 0.717) is 22.5 Å². The van der Waals surface area contributed by atoms with E-state index in [1.165, 1.54) is 12.1 Å². The molecule has 4 N–H and O–H groups in total. The highest BCUT2D eigenvalue weighted by atomic mass is 32.2. The summed E-state index contributed by atoms with van der Waals surface area (Å²) in [5.74, 6) is 0.814. The molecule has 2 aromatic rings. The van der Waals surface area contributed by atoms with Crippen molar-refractivity contribution < 1.29 is 13.2 Å². The van der Waals surface area contributed by atoms with Gasteiger partial charge in [0, 0.05) is 17.5 Å². The Hall–Kier alpha value is -2.49. The van der Waals surface area contributed by atoms with Crippen molar-refractivity contribution in [1.29, 1.82) is 0 Å². The number of nitrogens with one attached hydrogen (secondary N) is 2. The summed E-state index contributed by atoms with van der Waals surface area (Å²) in [4.78, 5) is 4.45. The zero-order chi connectivity index (χ0) is 21.2. The maximum atomic E-state index is 11.7. The van der Waals surface area contributed by atoms with E-state index in [-0.39, 0.29) is 11.0 Å². The molecule has 1 aliphatic heterocycles. The van der Waals surface area contributed by atoms with Crippen molar-refractivity contribution >= 4 is 50.6 Å². The largest absolute Gasteiger partial charge is 0.489 e. The number of hydrogen-bond donors (Lipinski definition) is 3. The number of nitrogens with zero attached hydrogens (tertiary/aromatic N) is 1. The Balaban J connectivity index is 1.86. The van der Waals surface area contributed by atoms with Crippen LogP contribution in [0.25, 0.3) is 0 Å². The molecule has 2 aromatic carbocycles. The lowest BCUT2D eigenvalue weighted by molar-refractivity contribution is 0.243. The summed E-state index contributed by atoms with van der Waals surface area (Å²) < 4.78 is 29.2. The second-order valence-electron chi connectivity index (χ2n) is 7.21. The molecular weight excluding hydrogens is 408 g/mol. The number of hydrogen-bond acceptors (Lipinski definition) is 5. The predicted molar refractivity (Wildman–Crippen MR) is 121 cm³/mol. The van der Waals surface area contributed by atoms with Crippen LogP contribution in [0.1, 0.15) is 26.3 Å². The molecule has 0 spiro atoms. The lowest BCUT2D eigenvalue weighted by atomic mass is 9.96. The van der Waals surface area contributed by atoms with Gasteiger partial charge in [0.1, 0.15) is 5.75 Å². The summed E-state index contributed by atoms with van der Waals surface area (Å²) in [5.41, 5.74) is 3.27. The van der Waals surface area contributed by atoms with Gasteiger partial charge in [0.2, 0.25) is 10.0 Å². The second kappa shape index (κ2) is 8.48. The van der Waals surface area contributed by atoms with Gasteiger partial charge in [-0.3, -0.25) is 4.99 Å². The minimum absolute atomic E-state index is 0.0286. The Morgan fingerprint density at radius 3 is 2.66 bits per heavy atom. The topological polar surface area (TPSA) is 106 Å². The van der Waals surface area contributed by atoms with Crippen LogP contribution in [0.4, 0.5) is 17.1 Å². The fourth-order valence-corrected chi connectivity index (χ4v) is 3.79. The summed E-state index contributed by atoms with van der Waals surface area (Å²) in [5, 5.41) is 11.8. The molecule has 3 rings (SSSR count). The number of rotatable bonds is 5. The third-order valence-electron chi connectivity index (χ3n) is 4.28. The van der Waals surface area contributed by atoms with Crippen LogP contribution >= 0.6 is 12.2 Å². The standard InChI is InChI=1S/C20H24N4O3S2/c1-12(2)27-19-8-7-14(29(21,25)26)10-18(19)24-20(28)23-17-6-4-5-16-15(17)9-13(3)11-22-16/h4-8,10-13H,9H2,1-3H3,(H2,21,25,26)(H2,23,24,28).